The fraction of sp³-hybridized carbons (Fsp3) is 0.0625. The standard InChI is InChI=1S/C16H12N2O4S/c1-11-5-7-13(8-6-11)23(20,21)22-16(19)14-4-2-3-12-9-10-17-18-15(12)14/h2-10H,1H3. The van der Waals surface area contributed by atoms with Gasteiger partial charge in [-0.15, -0.1) is 5.10 Å². The van der Waals surface area contributed by atoms with E-state index in [0.29, 0.717) is 10.9 Å². The van der Waals surface area contributed by atoms with Crippen molar-refractivity contribution in [2.24, 2.45) is 0 Å². The van der Waals surface area contributed by atoms with Gasteiger partial charge < -0.3 is 4.18 Å². The quantitative estimate of drug-likeness (QED) is 0.687. The fourth-order valence-corrected chi connectivity index (χ4v) is 2.93. The normalized spacial score (nSPS) is 11.3. The summed E-state index contributed by atoms with van der Waals surface area (Å²) in [6, 6.07) is 12.5. The van der Waals surface area contributed by atoms with Gasteiger partial charge in [-0.25, -0.2) is 4.79 Å². The van der Waals surface area contributed by atoms with Crippen molar-refractivity contribution in [3.63, 3.8) is 0 Å². The number of nitrogens with zero attached hydrogens (tertiary/aromatic N) is 2. The van der Waals surface area contributed by atoms with Gasteiger partial charge in [0.1, 0.15) is 10.4 Å². The summed E-state index contributed by atoms with van der Waals surface area (Å²) in [5.41, 5.74) is 1.24. The highest BCUT2D eigenvalue weighted by Crippen LogP contribution is 2.19. The van der Waals surface area contributed by atoms with Crippen molar-refractivity contribution in [2.75, 3.05) is 0 Å². The number of aryl methyl sites for hydroxylation is 1. The van der Waals surface area contributed by atoms with Crippen molar-refractivity contribution in [3.05, 3.63) is 65.9 Å². The van der Waals surface area contributed by atoms with E-state index < -0.39 is 16.1 Å². The van der Waals surface area contributed by atoms with E-state index in [2.05, 4.69) is 10.2 Å². The van der Waals surface area contributed by atoms with Crippen LogP contribution in [0.3, 0.4) is 0 Å². The van der Waals surface area contributed by atoms with Crippen LogP contribution in [0, 0.1) is 6.92 Å². The maximum Gasteiger partial charge on any atom is 0.356 e. The number of carbonyl (C=O) groups is 1. The van der Waals surface area contributed by atoms with Gasteiger partial charge in [0.05, 0.1) is 11.8 Å². The molecule has 7 heteroatoms. The number of fused-ring (bicyclic) bond motifs is 1. The van der Waals surface area contributed by atoms with Crippen LogP contribution in [0.2, 0.25) is 0 Å². The molecule has 116 valence electrons. The van der Waals surface area contributed by atoms with Crippen LogP contribution in [0.1, 0.15) is 15.9 Å². The van der Waals surface area contributed by atoms with Crippen LogP contribution in [-0.2, 0) is 14.3 Å². The topological polar surface area (TPSA) is 86.2 Å². The number of rotatable bonds is 3. The van der Waals surface area contributed by atoms with Crippen LogP contribution in [0.4, 0.5) is 0 Å². The van der Waals surface area contributed by atoms with Gasteiger partial charge in [-0.05, 0) is 31.2 Å². The zero-order chi connectivity index (χ0) is 16.4. The van der Waals surface area contributed by atoms with E-state index in [1.54, 1.807) is 30.3 Å². The molecule has 1 aromatic heterocycles. The van der Waals surface area contributed by atoms with Crippen molar-refractivity contribution >= 4 is 27.0 Å². The zero-order valence-electron chi connectivity index (χ0n) is 12.1. The Balaban J connectivity index is 1.96. The molecule has 3 rings (SSSR count). The summed E-state index contributed by atoms with van der Waals surface area (Å²) in [5.74, 6) is -0.989. The first kappa shape index (κ1) is 15.1. The number of benzene rings is 2. The molecule has 3 aromatic rings. The van der Waals surface area contributed by atoms with Crippen LogP contribution >= 0.6 is 0 Å². The summed E-state index contributed by atoms with van der Waals surface area (Å²) >= 11 is 0. The van der Waals surface area contributed by atoms with E-state index in [0.717, 1.165) is 5.56 Å². The van der Waals surface area contributed by atoms with E-state index in [4.69, 9.17) is 4.18 Å². The van der Waals surface area contributed by atoms with Crippen LogP contribution in [0.25, 0.3) is 10.9 Å². The Bertz CT molecular complexity index is 977. The largest absolute Gasteiger partial charge is 0.356 e. The molecule has 1 heterocycles. The molecular formula is C16H12N2O4S. The summed E-state index contributed by atoms with van der Waals surface area (Å²) in [4.78, 5) is 12.2. The lowest BCUT2D eigenvalue weighted by molar-refractivity contribution is 0.0748. The second-order valence-electron chi connectivity index (χ2n) is 4.91. The molecule has 0 aliphatic rings. The first-order chi connectivity index (χ1) is 11.0. The van der Waals surface area contributed by atoms with Crippen LogP contribution in [0.15, 0.2) is 59.6 Å². The molecule has 0 amide bonds. The molecule has 0 bridgehead atoms. The highest BCUT2D eigenvalue weighted by molar-refractivity contribution is 7.87. The van der Waals surface area contributed by atoms with Gasteiger partial charge in [-0.3, -0.25) is 0 Å². The SMILES string of the molecule is Cc1ccc(S(=O)(=O)OC(=O)c2cccc3ccnnc23)cc1. The lowest BCUT2D eigenvalue weighted by Gasteiger charge is -2.07. The fourth-order valence-electron chi connectivity index (χ4n) is 2.07. The third-order valence-electron chi connectivity index (χ3n) is 3.26. The summed E-state index contributed by atoms with van der Waals surface area (Å²) in [6.07, 6.45) is 1.49. The number of hydrogen-bond acceptors (Lipinski definition) is 6. The van der Waals surface area contributed by atoms with Crippen molar-refractivity contribution in [3.8, 4) is 0 Å². The van der Waals surface area contributed by atoms with Crippen molar-refractivity contribution in [1.82, 2.24) is 10.2 Å². The van der Waals surface area contributed by atoms with Crippen LogP contribution in [0.5, 0.6) is 0 Å². The monoisotopic (exact) mass is 328 g/mol. The van der Waals surface area contributed by atoms with Crippen LogP contribution < -0.4 is 0 Å². The third kappa shape index (κ3) is 3.04. The molecule has 2 aromatic carbocycles. The summed E-state index contributed by atoms with van der Waals surface area (Å²) in [6.45, 7) is 1.83. The predicted molar refractivity (Wildman–Crippen MR) is 83.3 cm³/mol. The number of aromatic nitrogens is 2. The second-order valence-corrected chi connectivity index (χ2v) is 6.46. The van der Waals surface area contributed by atoms with Crippen molar-refractivity contribution < 1.29 is 17.4 Å². The highest BCUT2D eigenvalue weighted by Gasteiger charge is 2.23. The van der Waals surface area contributed by atoms with Crippen molar-refractivity contribution in [2.45, 2.75) is 11.8 Å². The van der Waals surface area contributed by atoms with E-state index in [9.17, 15) is 13.2 Å². The summed E-state index contributed by atoms with van der Waals surface area (Å²) in [5, 5.41) is 8.25. The lowest BCUT2D eigenvalue weighted by atomic mass is 10.1. The zero-order valence-corrected chi connectivity index (χ0v) is 12.9. The molecule has 6 nitrogen and oxygen atoms in total. The van der Waals surface area contributed by atoms with Crippen molar-refractivity contribution in [1.29, 1.82) is 0 Å². The van der Waals surface area contributed by atoms with Gasteiger partial charge in [-0.2, -0.15) is 13.5 Å². The third-order valence-corrected chi connectivity index (χ3v) is 4.48. The molecule has 0 aliphatic carbocycles. The van der Waals surface area contributed by atoms with E-state index in [1.165, 1.54) is 24.4 Å². The molecule has 0 unspecified atom stereocenters. The predicted octanol–water partition coefficient (Wildman–Crippen LogP) is 2.48. The van der Waals surface area contributed by atoms with Gasteiger partial charge in [0, 0.05) is 5.39 Å². The maximum atomic E-state index is 12.2. The molecule has 0 aliphatic heterocycles. The maximum absolute atomic E-state index is 12.2. The molecule has 0 radical (unpaired) electrons. The molecule has 0 N–H and O–H groups in total. The lowest BCUT2D eigenvalue weighted by Crippen LogP contribution is -2.14. The molecule has 0 saturated carbocycles. The van der Waals surface area contributed by atoms with Gasteiger partial charge >= 0.3 is 16.1 Å². The first-order valence-corrected chi connectivity index (χ1v) is 8.14. The van der Waals surface area contributed by atoms with Gasteiger partial charge in [0.15, 0.2) is 0 Å². The summed E-state index contributed by atoms with van der Waals surface area (Å²) < 4.78 is 29.1. The Kier molecular flexibility index (Phi) is 3.79. The molecule has 0 spiro atoms. The smallest absolute Gasteiger partial charge is 0.338 e. The first-order valence-electron chi connectivity index (χ1n) is 6.73. The molecule has 0 atom stereocenters. The van der Waals surface area contributed by atoms with Crippen LogP contribution in [-0.4, -0.2) is 24.6 Å². The summed E-state index contributed by atoms with van der Waals surface area (Å²) in [7, 11) is -4.19. The average molecular weight is 328 g/mol. The van der Waals surface area contributed by atoms with Gasteiger partial charge in [0.2, 0.25) is 0 Å². The number of carbonyl (C=O) groups excluding carboxylic acids is 1. The van der Waals surface area contributed by atoms with Gasteiger partial charge in [-0.1, -0.05) is 29.8 Å². The Morgan fingerprint density at radius 1 is 1.04 bits per heavy atom. The highest BCUT2D eigenvalue weighted by atomic mass is 32.2. The second kappa shape index (κ2) is 5.77. The van der Waals surface area contributed by atoms with Gasteiger partial charge in [0.25, 0.3) is 0 Å². The molecule has 0 saturated heterocycles. The molecule has 0 fully saturated rings. The average Bonchev–Trinajstić information content (AvgIpc) is 2.54. The minimum atomic E-state index is -4.19. The molecule has 23 heavy (non-hydrogen) atoms. The Morgan fingerprint density at radius 2 is 1.78 bits per heavy atom. The Hall–Kier alpha value is -2.80. The van der Waals surface area contributed by atoms with E-state index in [-0.39, 0.29) is 10.5 Å². The number of hydrogen-bond donors (Lipinski definition) is 0. The Labute approximate surface area is 132 Å². The Morgan fingerprint density at radius 3 is 2.52 bits per heavy atom. The van der Waals surface area contributed by atoms with E-state index >= 15 is 0 Å². The molecular weight excluding hydrogens is 316 g/mol. The minimum Gasteiger partial charge on any atom is -0.338 e. The van der Waals surface area contributed by atoms with E-state index in [1.807, 2.05) is 6.92 Å². The minimum absolute atomic E-state index is 0.0475.